The first kappa shape index (κ1) is 27.8. The van der Waals surface area contributed by atoms with Crippen LogP contribution in [0.5, 0.6) is 5.88 Å². The van der Waals surface area contributed by atoms with Gasteiger partial charge in [-0.2, -0.15) is 5.26 Å². The van der Waals surface area contributed by atoms with Crippen molar-refractivity contribution in [2.45, 2.75) is 45.1 Å². The van der Waals surface area contributed by atoms with E-state index in [1.807, 2.05) is 31.2 Å². The van der Waals surface area contributed by atoms with E-state index in [-0.39, 0.29) is 17.8 Å². The standard InChI is InChI=1S/C34H31N5O5/c1-21(26-7-5-24(18-35)27-12-16-43-33(26)27)44-32-4-2-3-28(37-32)22-9-13-38(14-10-22)20-31-36-29-8-6-23(34(40)41)17-30(29)39(31)19-25-11-15-42-25/h2-9,12,16-17,21,25H,10-11,13-15,19-20H2,1H3,(H,40,41)/t21?,25-/m0/s1. The fourth-order valence-electron chi connectivity index (χ4n) is 5.95. The third-order valence-electron chi connectivity index (χ3n) is 8.47. The molecule has 10 heteroatoms. The molecule has 1 unspecified atom stereocenters. The normalized spacial score (nSPS) is 17.6. The van der Waals surface area contributed by atoms with Crippen LogP contribution in [0.4, 0.5) is 0 Å². The molecule has 1 saturated heterocycles. The lowest BCUT2D eigenvalue weighted by Crippen LogP contribution is -2.33. The van der Waals surface area contributed by atoms with E-state index in [9.17, 15) is 15.2 Å². The molecule has 44 heavy (non-hydrogen) atoms. The minimum atomic E-state index is -0.948. The summed E-state index contributed by atoms with van der Waals surface area (Å²) in [5.41, 5.74) is 6.00. The highest BCUT2D eigenvalue weighted by atomic mass is 16.5. The van der Waals surface area contributed by atoms with E-state index in [0.29, 0.717) is 30.1 Å². The smallest absolute Gasteiger partial charge is 0.335 e. The highest BCUT2D eigenvalue weighted by Crippen LogP contribution is 2.31. The molecule has 3 aromatic heterocycles. The Hall–Kier alpha value is -4.98. The van der Waals surface area contributed by atoms with Crippen LogP contribution in [-0.2, 0) is 17.8 Å². The molecule has 0 radical (unpaired) electrons. The van der Waals surface area contributed by atoms with Gasteiger partial charge >= 0.3 is 5.97 Å². The van der Waals surface area contributed by atoms with Crippen LogP contribution in [0, 0.1) is 11.3 Å². The number of ether oxygens (including phenoxy) is 2. The molecule has 2 aromatic carbocycles. The summed E-state index contributed by atoms with van der Waals surface area (Å²) >= 11 is 0. The number of carbonyl (C=O) groups is 1. The quantitative estimate of drug-likeness (QED) is 0.221. The Morgan fingerprint density at radius 3 is 2.84 bits per heavy atom. The number of fused-ring (bicyclic) bond motifs is 2. The zero-order chi connectivity index (χ0) is 30.2. The number of aromatic nitrogens is 3. The molecule has 2 aliphatic heterocycles. The average molecular weight is 590 g/mol. The Balaban J connectivity index is 1.06. The maximum Gasteiger partial charge on any atom is 0.335 e. The van der Waals surface area contributed by atoms with Crippen molar-refractivity contribution < 1.29 is 23.8 Å². The first-order chi connectivity index (χ1) is 21.5. The van der Waals surface area contributed by atoms with Gasteiger partial charge in [-0.1, -0.05) is 18.2 Å². The molecular weight excluding hydrogens is 558 g/mol. The van der Waals surface area contributed by atoms with Gasteiger partial charge in [0.1, 0.15) is 17.5 Å². The van der Waals surface area contributed by atoms with E-state index in [1.165, 1.54) is 0 Å². The lowest BCUT2D eigenvalue weighted by molar-refractivity contribution is -0.0591. The fraction of sp³-hybridized carbons (Fsp3) is 0.294. The maximum absolute atomic E-state index is 11.6. The Kier molecular flexibility index (Phi) is 7.34. The monoisotopic (exact) mass is 589 g/mol. The molecule has 1 N–H and O–H groups in total. The number of aromatic carboxylic acids is 1. The second-order valence-electron chi connectivity index (χ2n) is 11.2. The van der Waals surface area contributed by atoms with Gasteiger partial charge in [0, 0.05) is 36.7 Å². The number of pyridine rings is 1. The van der Waals surface area contributed by atoms with Crippen LogP contribution in [0.15, 0.2) is 71.4 Å². The molecule has 0 aliphatic carbocycles. The first-order valence-corrected chi connectivity index (χ1v) is 14.8. The first-order valence-electron chi connectivity index (χ1n) is 14.8. The van der Waals surface area contributed by atoms with Crippen LogP contribution < -0.4 is 4.74 Å². The van der Waals surface area contributed by atoms with Gasteiger partial charge in [0.2, 0.25) is 5.88 Å². The Bertz CT molecular complexity index is 1950. The van der Waals surface area contributed by atoms with E-state index < -0.39 is 5.97 Å². The Morgan fingerprint density at radius 1 is 1.20 bits per heavy atom. The number of rotatable bonds is 9. The number of imidazole rings is 1. The lowest BCUT2D eigenvalue weighted by atomic mass is 10.0. The van der Waals surface area contributed by atoms with Gasteiger partial charge in [0.25, 0.3) is 0 Å². The van der Waals surface area contributed by atoms with E-state index in [0.717, 1.165) is 71.6 Å². The minimum Gasteiger partial charge on any atom is -0.478 e. The van der Waals surface area contributed by atoms with Crippen LogP contribution in [0.25, 0.3) is 27.6 Å². The predicted octanol–water partition coefficient (Wildman–Crippen LogP) is 5.97. The van der Waals surface area contributed by atoms with Gasteiger partial charge in [-0.05, 0) is 61.7 Å². The van der Waals surface area contributed by atoms with Crippen molar-refractivity contribution in [1.29, 1.82) is 5.26 Å². The van der Waals surface area contributed by atoms with Gasteiger partial charge in [0.15, 0.2) is 0 Å². The molecule has 5 heterocycles. The third kappa shape index (κ3) is 5.32. The van der Waals surface area contributed by atoms with Crippen molar-refractivity contribution in [3.8, 4) is 11.9 Å². The van der Waals surface area contributed by atoms with Crippen molar-refractivity contribution >= 4 is 33.5 Å². The summed E-state index contributed by atoms with van der Waals surface area (Å²) in [6.07, 6.45) is 5.40. The van der Waals surface area contributed by atoms with Crippen molar-refractivity contribution in [2.75, 3.05) is 19.7 Å². The molecule has 5 aromatic rings. The summed E-state index contributed by atoms with van der Waals surface area (Å²) in [5.74, 6) is 0.484. The number of carboxylic acid groups (broad SMARTS) is 1. The van der Waals surface area contributed by atoms with Crippen molar-refractivity contribution in [3.63, 3.8) is 0 Å². The molecule has 0 saturated carbocycles. The number of furan rings is 1. The molecule has 222 valence electrons. The van der Waals surface area contributed by atoms with Crippen molar-refractivity contribution in [3.05, 3.63) is 95.1 Å². The van der Waals surface area contributed by atoms with Crippen LogP contribution in [-0.4, -0.2) is 56.3 Å². The van der Waals surface area contributed by atoms with Gasteiger partial charge in [-0.25, -0.2) is 14.8 Å². The summed E-state index contributed by atoms with van der Waals surface area (Å²) in [7, 11) is 0. The van der Waals surface area contributed by atoms with Gasteiger partial charge in [-0.3, -0.25) is 4.90 Å². The van der Waals surface area contributed by atoms with Crippen LogP contribution in [0.2, 0.25) is 0 Å². The van der Waals surface area contributed by atoms with Gasteiger partial charge in [-0.15, -0.1) is 0 Å². The van der Waals surface area contributed by atoms with E-state index in [1.54, 1.807) is 36.6 Å². The summed E-state index contributed by atoms with van der Waals surface area (Å²) in [5, 5.41) is 19.7. The largest absolute Gasteiger partial charge is 0.478 e. The molecule has 2 atom stereocenters. The molecule has 1 fully saturated rings. The van der Waals surface area contributed by atoms with E-state index in [4.69, 9.17) is 23.9 Å². The van der Waals surface area contributed by atoms with Crippen LogP contribution in [0.1, 0.15) is 58.9 Å². The molecule has 10 nitrogen and oxygen atoms in total. The second-order valence-corrected chi connectivity index (χ2v) is 11.2. The van der Waals surface area contributed by atoms with Crippen molar-refractivity contribution in [1.82, 2.24) is 19.4 Å². The van der Waals surface area contributed by atoms with Crippen LogP contribution in [0.3, 0.4) is 0 Å². The molecule has 7 rings (SSSR count). The van der Waals surface area contributed by atoms with Gasteiger partial charge in [0.05, 0.1) is 59.4 Å². The third-order valence-corrected chi connectivity index (χ3v) is 8.47. The summed E-state index contributed by atoms with van der Waals surface area (Å²) < 4.78 is 19.8. The number of benzene rings is 2. The van der Waals surface area contributed by atoms with E-state index in [2.05, 4.69) is 21.6 Å². The summed E-state index contributed by atoms with van der Waals surface area (Å²) in [6, 6.07) is 18.6. The number of nitrogens with zero attached hydrogens (tertiary/aromatic N) is 5. The maximum atomic E-state index is 11.6. The SMILES string of the molecule is CC(Oc1cccc(C2=CCN(Cc3nc4ccc(C(=O)O)cc4n3C[C@@H]3CCO3)CC2)n1)c1ccc(C#N)c2ccoc12. The zero-order valence-electron chi connectivity index (χ0n) is 24.3. The van der Waals surface area contributed by atoms with Crippen LogP contribution >= 0.6 is 0 Å². The number of carboxylic acids is 1. The summed E-state index contributed by atoms with van der Waals surface area (Å²) in [4.78, 5) is 23.7. The number of nitriles is 1. The Morgan fingerprint density at radius 2 is 2.09 bits per heavy atom. The fourth-order valence-corrected chi connectivity index (χ4v) is 5.95. The molecule has 2 aliphatic rings. The van der Waals surface area contributed by atoms with Crippen molar-refractivity contribution in [2.24, 2.45) is 0 Å². The van der Waals surface area contributed by atoms with Gasteiger partial charge < -0.3 is 23.6 Å². The minimum absolute atomic E-state index is 0.123. The number of hydrogen-bond donors (Lipinski definition) is 1. The highest BCUT2D eigenvalue weighted by molar-refractivity contribution is 5.92. The average Bonchev–Trinajstić information content (AvgIpc) is 3.63. The molecule has 0 amide bonds. The highest BCUT2D eigenvalue weighted by Gasteiger charge is 2.24. The topological polar surface area (TPSA) is 127 Å². The summed E-state index contributed by atoms with van der Waals surface area (Å²) in [6.45, 7) is 5.59. The predicted molar refractivity (Wildman–Crippen MR) is 163 cm³/mol. The lowest BCUT2D eigenvalue weighted by Gasteiger charge is -2.29. The Labute approximate surface area is 253 Å². The molecule has 0 spiro atoms. The number of hydrogen-bond acceptors (Lipinski definition) is 8. The zero-order valence-corrected chi connectivity index (χ0v) is 24.3. The van der Waals surface area contributed by atoms with E-state index >= 15 is 0 Å². The molecular formula is C34H31N5O5. The second kappa shape index (κ2) is 11.6. The molecule has 0 bridgehead atoms.